The van der Waals surface area contributed by atoms with Crippen molar-refractivity contribution in [3.05, 3.63) is 5.82 Å². The predicted molar refractivity (Wildman–Crippen MR) is 53.6 cm³/mol. The van der Waals surface area contributed by atoms with E-state index in [1.807, 2.05) is 6.92 Å². The zero-order chi connectivity index (χ0) is 11.3. The topological polar surface area (TPSA) is 110 Å². The maximum absolute atomic E-state index is 11.5. The standard InChI is InChI=1S/C8H16N6O/c1-3-4-6(9)8(15)10-5(2)7-11-13-14-12-7/h5-6H,3-4,9H2,1-2H3,(H,10,15)(H,11,12,13,14)/t5?,6-/m0/s1. The largest absolute Gasteiger partial charge is 0.345 e. The first-order chi connectivity index (χ1) is 7.15. The molecule has 0 aliphatic rings. The monoisotopic (exact) mass is 212 g/mol. The number of nitrogens with two attached hydrogens (primary N) is 1. The summed E-state index contributed by atoms with van der Waals surface area (Å²) < 4.78 is 0. The lowest BCUT2D eigenvalue weighted by Crippen LogP contribution is -2.41. The van der Waals surface area contributed by atoms with Crippen molar-refractivity contribution in [1.29, 1.82) is 0 Å². The number of carbonyl (C=O) groups excluding carboxylic acids is 1. The van der Waals surface area contributed by atoms with Crippen LogP contribution in [0.25, 0.3) is 0 Å². The fraction of sp³-hybridized carbons (Fsp3) is 0.750. The second-order valence-corrected chi connectivity index (χ2v) is 3.40. The van der Waals surface area contributed by atoms with E-state index in [2.05, 4.69) is 25.9 Å². The molecular formula is C8H16N6O. The van der Waals surface area contributed by atoms with Crippen LogP contribution in [0.3, 0.4) is 0 Å². The van der Waals surface area contributed by atoms with Crippen molar-refractivity contribution < 1.29 is 4.79 Å². The molecule has 84 valence electrons. The van der Waals surface area contributed by atoms with Gasteiger partial charge in [-0.15, -0.1) is 10.2 Å². The molecule has 4 N–H and O–H groups in total. The lowest BCUT2D eigenvalue weighted by atomic mass is 10.1. The van der Waals surface area contributed by atoms with Gasteiger partial charge in [-0.05, 0) is 13.3 Å². The van der Waals surface area contributed by atoms with E-state index >= 15 is 0 Å². The summed E-state index contributed by atoms with van der Waals surface area (Å²) in [6.07, 6.45) is 1.55. The van der Waals surface area contributed by atoms with Gasteiger partial charge >= 0.3 is 0 Å². The number of tetrazole rings is 1. The van der Waals surface area contributed by atoms with Crippen LogP contribution in [-0.2, 0) is 4.79 Å². The number of aromatic amines is 1. The van der Waals surface area contributed by atoms with Crippen LogP contribution in [0.1, 0.15) is 38.6 Å². The van der Waals surface area contributed by atoms with Gasteiger partial charge in [-0.1, -0.05) is 18.6 Å². The van der Waals surface area contributed by atoms with E-state index in [0.29, 0.717) is 12.2 Å². The third kappa shape index (κ3) is 3.28. The minimum atomic E-state index is -0.468. The summed E-state index contributed by atoms with van der Waals surface area (Å²) in [5.41, 5.74) is 5.65. The molecule has 1 rings (SSSR count). The quantitative estimate of drug-likeness (QED) is 0.609. The molecule has 7 nitrogen and oxygen atoms in total. The van der Waals surface area contributed by atoms with Gasteiger partial charge in [0.15, 0.2) is 5.82 Å². The summed E-state index contributed by atoms with van der Waals surface area (Å²) in [5.74, 6) is 0.265. The minimum absolute atomic E-state index is 0.186. The summed E-state index contributed by atoms with van der Waals surface area (Å²) >= 11 is 0. The first-order valence-electron chi connectivity index (χ1n) is 4.94. The molecule has 1 amide bonds. The SMILES string of the molecule is CCC[C@H](N)C(=O)NC(C)c1nn[nH]n1. The Kier molecular flexibility index (Phi) is 4.17. The van der Waals surface area contributed by atoms with E-state index < -0.39 is 6.04 Å². The zero-order valence-electron chi connectivity index (χ0n) is 8.90. The number of carbonyl (C=O) groups is 1. The average molecular weight is 212 g/mol. The number of nitrogens with one attached hydrogen (secondary N) is 2. The number of nitrogens with zero attached hydrogens (tertiary/aromatic N) is 3. The Hall–Kier alpha value is -1.50. The highest BCUT2D eigenvalue weighted by Crippen LogP contribution is 2.04. The molecule has 1 heterocycles. The van der Waals surface area contributed by atoms with E-state index in [1.165, 1.54) is 0 Å². The molecule has 1 aromatic heterocycles. The van der Waals surface area contributed by atoms with Crippen molar-refractivity contribution in [3.8, 4) is 0 Å². The third-order valence-electron chi connectivity index (χ3n) is 2.04. The van der Waals surface area contributed by atoms with Crippen molar-refractivity contribution in [1.82, 2.24) is 25.9 Å². The molecule has 0 saturated carbocycles. The summed E-state index contributed by atoms with van der Waals surface area (Å²) in [6.45, 7) is 3.76. The maximum Gasteiger partial charge on any atom is 0.237 e. The number of aromatic nitrogens is 4. The Bertz CT molecular complexity index is 298. The minimum Gasteiger partial charge on any atom is -0.345 e. The second-order valence-electron chi connectivity index (χ2n) is 3.40. The number of H-pyrrole nitrogens is 1. The van der Waals surface area contributed by atoms with E-state index in [0.717, 1.165) is 6.42 Å². The molecule has 0 aliphatic carbocycles. The number of hydrogen-bond acceptors (Lipinski definition) is 5. The van der Waals surface area contributed by atoms with Gasteiger partial charge < -0.3 is 11.1 Å². The van der Waals surface area contributed by atoms with Crippen LogP contribution >= 0.6 is 0 Å². The molecule has 15 heavy (non-hydrogen) atoms. The van der Waals surface area contributed by atoms with Gasteiger partial charge in [0.05, 0.1) is 12.1 Å². The molecule has 1 aromatic rings. The van der Waals surface area contributed by atoms with Crippen LogP contribution in [0.5, 0.6) is 0 Å². The Labute approximate surface area is 87.8 Å². The van der Waals surface area contributed by atoms with Gasteiger partial charge in [-0.25, -0.2) is 0 Å². The molecule has 0 spiro atoms. The Morgan fingerprint density at radius 1 is 1.67 bits per heavy atom. The smallest absolute Gasteiger partial charge is 0.237 e. The highest BCUT2D eigenvalue weighted by molar-refractivity contribution is 5.81. The number of hydrogen-bond donors (Lipinski definition) is 3. The molecule has 0 fully saturated rings. The predicted octanol–water partition coefficient (Wildman–Crippen LogP) is -0.496. The van der Waals surface area contributed by atoms with Gasteiger partial charge in [0.2, 0.25) is 5.91 Å². The zero-order valence-corrected chi connectivity index (χ0v) is 8.90. The molecule has 0 saturated heterocycles. The lowest BCUT2D eigenvalue weighted by molar-refractivity contribution is -0.123. The van der Waals surface area contributed by atoms with E-state index in [1.54, 1.807) is 6.92 Å². The Morgan fingerprint density at radius 3 is 2.93 bits per heavy atom. The normalized spacial score (nSPS) is 14.6. The highest BCUT2D eigenvalue weighted by Gasteiger charge is 2.17. The average Bonchev–Trinajstić information content (AvgIpc) is 2.70. The molecule has 0 aliphatic heterocycles. The lowest BCUT2D eigenvalue weighted by Gasteiger charge is -2.14. The Balaban J connectivity index is 2.44. The van der Waals surface area contributed by atoms with Crippen LogP contribution in [0, 0.1) is 0 Å². The van der Waals surface area contributed by atoms with Gasteiger partial charge in [0.1, 0.15) is 0 Å². The van der Waals surface area contributed by atoms with Crippen molar-refractivity contribution in [2.24, 2.45) is 5.73 Å². The van der Waals surface area contributed by atoms with Crippen LogP contribution < -0.4 is 11.1 Å². The first-order valence-corrected chi connectivity index (χ1v) is 4.94. The van der Waals surface area contributed by atoms with E-state index in [-0.39, 0.29) is 11.9 Å². The summed E-state index contributed by atoms with van der Waals surface area (Å²) in [6, 6.07) is -0.747. The molecule has 7 heteroatoms. The molecule has 0 aromatic carbocycles. The van der Waals surface area contributed by atoms with Crippen molar-refractivity contribution in [2.75, 3.05) is 0 Å². The molecule has 1 unspecified atom stereocenters. The molecule has 0 bridgehead atoms. The third-order valence-corrected chi connectivity index (χ3v) is 2.04. The van der Waals surface area contributed by atoms with Gasteiger partial charge in [0.25, 0.3) is 0 Å². The van der Waals surface area contributed by atoms with Crippen LogP contribution in [0.2, 0.25) is 0 Å². The number of amides is 1. The molecular weight excluding hydrogens is 196 g/mol. The maximum atomic E-state index is 11.5. The second kappa shape index (κ2) is 5.40. The van der Waals surface area contributed by atoms with E-state index in [9.17, 15) is 4.79 Å². The summed E-state index contributed by atoms with van der Waals surface area (Å²) in [4.78, 5) is 11.5. The Morgan fingerprint density at radius 2 is 2.40 bits per heavy atom. The van der Waals surface area contributed by atoms with Crippen LogP contribution in [-0.4, -0.2) is 32.6 Å². The first kappa shape index (κ1) is 11.6. The van der Waals surface area contributed by atoms with Crippen molar-refractivity contribution >= 4 is 5.91 Å². The van der Waals surface area contributed by atoms with Gasteiger partial charge in [-0.2, -0.15) is 5.21 Å². The fourth-order valence-electron chi connectivity index (χ4n) is 1.18. The van der Waals surface area contributed by atoms with Crippen molar-refractivity contribution in [3.63, 3.8) is 0 Å². The highest BCUT2D eigenvalue weighted by atomic mass is 16.2. The number of rotatable bonds is 5. The molecule has 0 radical (unpaired) electrons. The molecule has 2 atom stereocenters. The van der Waals surface area contributed by atoms with Gasteiger partial charge in [-0.3, -0.25) is 4.79 Å². The summed E-state index contributed by atoms with van der Waals surface area (Å²) in [5, 5.41) is 16.0. The van der Waals surface area contributed by atoms with Crippen LogP contribution in [0.4, 0.5) is 0 Å². The van der Waals surface area contributed by atoms with Gasteiger partial charge in [0, 0.05) is 0 Å². The van der Waals surface area contributed by atoms with Crippen LogP contribution in [0.15, 0.2) is 0 Å². The summed E-state index contributed by atoms with van der Waals surface area (Å²) in [7, 11) is 0. The van der Waals surface area contributed by atoms with Crippen molar-refractivity contribution in [2.45, 2.75) is 38.8 Å². The fourth-order valence-corrected chi connectivity index (χ4v) is 1.18. The van der Waals surface area contributed by atoms with E-state index in [4.69, 9.17) is 5.73 Å².